The van der Waals surface area contributed by atoms with Crippen molar-refractivity contribution in [1.82, 2.24) is 15.3 Å². The number of ether oxygens (including phenoxy) is 1. The van der Waals surface area contributed by atoms with Gasteiger partial charge in [0.15, 0.2) is 6.61 Å². The molecule has 0 saturated carbocycles. The number of nitrogens with two attached hydrogens (primary N) is 1. The van der Waals surface area contributed by atoms with Crippen molar-refractivity contribution in [3.8, 4) is 18.1 Å². The summed E-state index contributed by atoms with van der Waals surface area (Å²) in [6.07, 6.45) is 6.55. The number of anilines is 1. The highest BCUT2D eigenvalue weighted by atomic mass is 35.5. The molecule has 13 heteroatoms. The number of hydrogen-bond donors (Lipinski definition) is 5. The van der Waals surface area contributed by atoms with Gasteiger partial charge < -0.3 is 31.2 Å². The molecule has 1 unspecified atom stereocenters. The van der Waals surface area contributed by atoms with Crippen LogP contribution in [0.4, 0.5) is 5.69 Å². The van der Waals surface area contributed by atoms with Crippen molar-refractivity contribution < 1.29 is 24.2 Å². The summed E-state index contributed by atoms with van der Waals surface area (Å²) >= 11 is 1.27. The van der Waals surface area contributed by atoms with Crippen LogP contribution in [0.5, 0.6) is 5.75 Å². The van der Waals surface area contributed by atoms with E-state index >= 15 is 0 Å². The average Bonchev–Trinajstić information content (AvgIpc) is 3.26. The van der Waals surface area contributed by atoms with Crippen LogP contribution in [0.1, 0.15) is 45.4 Å². The van der Waals surface area contributed by atoms with Crippen LogP contribution in [0, 0.1) is 12.3 Å². The highest BCUT2D eigenvalue weighted by molar-refractivity contribution is 7.18. The van der Waals surface area contributed by atoms with E-state index in [1.807, 2.05) is 0 Å². The number of terminal acetylenes is 1. The van der Waals surface area contributed by atoms with E-state index in [1.165, 1.54) is 11.3 Å². The number of amides is 2. The lowest BCUT2D eigenvalue weighted by Crippen LogP contribution is -2.28. The van der Waals surface area contributed by atoms with Gasteiger partial charge in [0.05, 0.1) is 23.5 Å². The van der Waals surface area contributed by atoms with Gasteiger partial charge in [-0.15, -0.1) is 30.2 Å². The monoisotopic (exact) mass is 545 g/mol. The van der Waals surface area contributed by atoms with Crippen molar-refractivity contribution in [2.45, 2.75) is 31.7 Å². The number of hydrogen-bond acceptors (Lipinski definition) is 8. The van der Waals surface area contributed by atoms with Gasteiger partial charge in [0.2, 0.25) is 5.82 Å². The lowest BCUT2D eigenvalue weighted by molar-refractivity contribution is -0.139. The fourth-order valence-corrected chi connectivity index (χ4v) is 5.38. The molecule has 11 nitrogen and oxygen atoms in total. The Kier molecular flexibility index (Phi) is 8.88. The molecule has 1 aliphatic heterocycles. The van der Waals surface area contributed by atoms with Crippen molar-refractivity contribution in [3.05, 3.63) is 50.4 Å². The summed E-state index contributed by atoms with van der Waals surface area (Å²) in [6, 6.07) is 5.16. The van der Waals surface area contributed by atoms with E-state index < -0.39 is 23.4 Å². The fourth-order valence-electron chi connectivity index (χ4n) is 4.10. The first-order valence-corrected chi connectivity index (χ1v) is 11.9. The van der Waals surface area contributed by atoms with Crippen LogP contribution >= 0.6 is 23.7 Å². The topological polar surface area (TPSA) is 176 Å². The van der Waals surface area contributed by atoms with Crippen molar-refractivity contribution in [3.63, 3.8) is 0 Å². The Balaban J connectivity index is 0.000000711. The molecule has 0 bridgehead atoms. The number of H-pyrrole nitrogens is 1. The Morgan fingerprint density at radius 3 is 2.81 bits per heavy atom. The minimum absolute atomic E-state index is 0. The van der Waals surface area contributed by atoms with Gasteiger partial charge >= 0.3 is 5.97 Å². The molecule has 3 heterocycles. The van der Waals surface area contributed by atoms with Crippen molar-refractivity contribution in [2.75, 3.05) is 18.5 Å². The first kappa shape index (κ1) is 27.7. The van der Waals surface area contributed by atoms with E-state index in [2.05, 4.69) is 32.9 Å². The Hall–Kier alpha value is -3.92. The lowest BCUT2D eigenvalue weighted by atomic mass is 9.86. The van der Waals surface area contributed by atoms with E-state index in [0.717, 1.165) is 16.9 Å². The summed E-state index contributed by atoms with van der Waals surface area (Å²) in [5.41, 5.74) is 6.06. The molecular weight excluding hydrogens is 522 g/mol. The summed E-state index contributed by atoms with van der Waals surface area (Å²) < 4.78 is 5.31. The Labute approximate surface area is 221 Å². The van der Waals surface area contributed by atoms with Gasteiger partial charge in [0, 0.05) is 11.4 Å². The van der Waals surface area contributed by atoms with Gasteiger partial charge in [-0.3, -0.25) is 19.2 Å². The highest BCUT2D eigenvalue weighted by Crippen LogP contribution is 2.40. The second-order valence-electron chi connectivity index (χ2n) is 8.07. The van der Waals surface area contributed by atoms with E-state index in [1.54, 1.807) is 18.2 Å². The molecule has 2 aliphatic rings. The minimum Gasteiger partial charge on any atom is -0.482 e. The van der Waals surface area contributed by atoms with Crippen LogP contribution in [0.2, 0.25) is 0 Å². The number of rotatable bonds is 4. The third-order valence-corrected chi connectivity index (χ3v) is 6.84. The second-order valence-corrected chi connectivity index (χ2v) is 9.16. The number of fused-ring (bicyclic) bond motifs is 4. The highest BCUT2D eigenvalue weighted by Gasteiger charge is 2.32. The van der Waals surface area contributed by atoms with Gasteiger partial charge in [0.1, 0.15) is 10.6 Å². The minimum atomic E-state index is -0.960. The number of aromatic amines is 1. The van der Waals surface area contributed by atoms with E-state index in [0.29, 0.717) is 41.2 Å². The molecule has 1 atom stereocenters. The fraction of sp³-hybridized carbons (Fsp3) is 0.292. The van der Waals surface area contributed by atoms with Crippen LogP contribution in [0.3, 0.4) is 0 Å². The normalized spacial score (nSPS) is 15.4. The number of thiophene rings is 1. The quantitative estimate of drug-likeness (QED) is 0.308. The second kappa shape index (κ2) is 11.9. The molecule has 0 fully saturated rings. The van der Waals surface area contributed by atoms with E-state index in [9.17, 15) is 24.3 Å². The van der Waals surface area contributed by atoms with Crippen LogP contribution in [0.15, 0.2) is 23.0 Å². The lowest BCUT2D eigenvalue weighted by Gasteiger charge is -2.18. The zero-order valence-corrected chi connectivity index (χ0v) is 21.1. The van der Waals surface area contributed by atoms with Gasteiger partial charge in [-0.2, -0.15) is 0 Å². The Morgan fingerprint density at radius 1 is 1.35 bits per heavy atom. The van der Waals surface area contributed by atoms with Gasteiger partial charge in [-0.1, -0.05) is 12.0 Å². The summed E-state index contributed by atoms with van der Waals surface area (Å²) in [4.78, 5) is 56.5. The molecule has 0 saturated heterocycles. The largest absolute Gasteiger partial charge is 0.482 e. The molecule has 5 rings (SSSR count). The number of carbonyl (C=O) groups excluding carboxylic acids is 2. The number of aliphatic carboxylic acids is 1. The molecular formula is C24H24ClN5O6S. The average molecular weight is 546 g/mol. The van der Waals surface area contributed by atoms with E-state index in [4.69, 9.17) is 10.5 Å². The predicted molar refractivity (Wildman–Crippen MR) is 140 cm³/mol. The van der Waals surface area contributed by atoms with Crippen molar-refractivity contribution in [2.24, 2.45) is 5.73 Å². The summed E-state index contributed by atoms with van der Waals surface area (Å²) in [5.74, 6) is 0.114. The van der Waals surface area contributed by atoms with E-state index in [-0.39, 0.29) is 42.7 Å². The summed E-state index contributed by atoms with van der Waals surface area (Å²) in [6.45, 7) is 0.454. The maximum absolute atomic E-state index is 12.8. The molecule has 2 amide bonds. The first-order chi connectivity index (χ1) is 17.3. The third kappa shape index (κ3) is 5.91. The number of nitrogens with one attached hydrogen (secondary N) is 3. The number of carboxylic acids is 1. The molecule has 1 aliphatic carbocycles. The SMILES string of the molecule is C#CCN.Cl.O=C1COc2ccc(CNC(=O)c3nc4sc5c(c4c(=O)[nH]3)C(C(=O)O)CCC5)cc2N1. The molecule has 37 heavy (non-hydrogen) atoms. The van der Waals surface area contributed by atoms with Crippen LogP contribution in [-0.4, -0.2) is 46.0 Å². The molecule has 6 N–H and O–H groups in total. The van der Waals surface area contributed by atoms with Gasteiger partial charge in [0.25, 0.3) is 17.4 Å². The molecule has 194 valence electrons. The number of nitrogens with zero attached hydrogens (tertiary/aromatic N) is 1. The molecule has 1 aromatic carbocycles. The third-order valence-electron chi connectivity index (χ3n) is 5.68. The smallest absolute Gasteiger partial charge is 0.311 e. The number of aromatic nitrogens is 2. The maximum Gasteiger partial charge on any atom is 0.311 e. The molecule has 0 spiro atoms. The van der Waals surface area contributed by atoms with Crippen LogP contribution in [-0.2, 0) is 22.6 Å². The maximum atomic E-state index is 12.8. The molecule has 0 radical (unpaired) electrons. The number of halogens is 1. The van der Waals surface area contributed by atoms with Gasteiger partial charge in [-0.25, -0.2) is 4.98 Å². The zero-order valence-electron chi connectivity index (χ0n) is 19.5. The molecule has 3 aromatic rings. The first-order valence-electron chi connectivity index (χ1n) is 11.1. The number of carboxylic acid groups (broad SMARTS) is 1. The summed E-state index contributed by atoms with van der Waals surface area (Å²) in [7, 11) is 0. The Bertz CT molecular complexity index is 1460. The Morgan fingerprint density at radius 2 is 2.11 bits per heavy atom. The van der Waals surface area contributed by atoms with Crippen LogP contribution in [0.25, 0.3) is 10.2 Å². The standard InChI is InChI=1S/C21H18N4O6S.C3H5N.ClH/c26-14-8-31-12-5-4-9(6-11(12)23-14)7-22-19(28)17-24-18(27)16-15-10(21(29)30)2-1-3-13(15)32-20(16)25-17;1-2-3-4;/h4-6,10H,1-3,7-8H2,(H,22,28)(H,23,26)(H,29,30)(H,24,25,27);1H,3-4H2;1H. The van der Waals surface area contributed by atoms with Gasteiger partial charge in [-0.05, 0) is 42.5 Å². The summed E-state index contributed by atoms with van der Waals surface area (Å²) in [5, 5.41) is 15.2. The predicted octanol–water partition coefficient (Wildman–Crippen LogP) is 1.75. The number of carbonyl (C=O) groups is 3. The number of benzene rings is 1. The zero-order chi connectivity index (χ0) is 25.8. The van der Waals surface area contributed by atoms with Crippen molar-refractivity contribution in [1.29, 1.82) is 0 Å². The van der Waals surface area contributed by atoms with Crippen LogP contribution < -0.4 is 26.7 Å². The van der Waals surface area contributed by atoms with Crippen molar-refractivity contribution >= 4 is 57.4 Å². The number of aryl methyl sites for hydroxylation is 1. The molecule has 2 aromatic heterocycles.